The Kier molecular flexibility index (Phi) is 4.42. The van der Waals surface area contributed by atoms with E-state index in [9.17, 15) is 9.50 Å². The molecule has 0 heterocycles. The number of benzene rings is 2. The molecule has 0 aliphatic rings. The third-order valence-corrected chi connectivity index (χ3v) is 3.76. The van der Waals surface area contributed by atoms with Crippen LogP contribution in [-0.4, -0.2) is 11.7 Å². The Hall–Kier alpha value is -1.14. The summed E-state index contributed by atoms with van der Waals surface area (Å²) < 4.78 is 14.3. The largest absolute Gasteiger partial charge is 0.394 e. The molecule has 1 unspecified atom stereocenters. The minimum atomic E-state index is -0.641. The number of aliphatic hydroxyl groups is 1. The van der Waals surface area contributed by atoms with Gasteiger partial charge in [0.2, 0.25) is 0 Å². The van der Waals surface area contributed by atoms with Gasteiger partial charge in [-0.1, -0.05) is 18.2 Å². The van der Waals surface area contributed by atoms with E-state index in [1.165, 1.54) is 12.1 Å². The van der Waals surface area contributed by atoms with Crippen LogP contribution in [0, 0.1) is 9.39 Å². The van der Waals surface area contributed by atoms with Crippen LogP contribution in [0.4, 0.5) is 10.1 Å². The molecule has 100 valence electrons. The average Bonchev–Trinajstić information content (AvgIpc) is 2.39. The summed E-state index contributed by atoms with van der Waals surface area (Å²) in [6, 6.07) is 14.1. The molecule has 1 atom stereocenters. The highest BCUT2D eigenvalue weighted by molar-refractivity contribution is 14.1. The average molecular weight is 371 g/mol. The zero-order valence-corrected chi connectivity index (χ0v) is 12.7. The van der Waals surface area contributed by atoms with Crippen LogP contribution in [-0.2, 0) is 5.54 Å². The standard InChI is InChI=1S/C15H15FINO/c1-15(10-19,11-5-7-13(17)8-6-11)18-14-4-2-3-12(16)9-14/h2-9,18-19H,10H2,1H3. The van der Waals surface area contributed by atoms with Crippen molar-refractivity contribution >= 4 is 28.3 Å². The van der Waals surface area contributed by atoms with Crippen LogP contribution in [0.3, 0.4) is 0 Å². The fourth-order valence-electron chi connectivity index (χ4n) is 1.91. The Morgan fingerprint density at radius 1 is 1.21 bits per heavy atom. The monoisotopic (exact) mass is 371 g/mol. The molecule has 0 fully saturated rings. The number of rotatable bonds is 4. The number of nitrogens with one attached hydrogen (secondary N) is 1. The lowest BCUT2D eigenvalue weighted by molar-refractivity contribution is 0.224. The second-order valence-electron chi connectivity index (χ2n) is 4.63. The van der Waals surface area contributed by atoms with Gasteiger partial charge >= 0.3 is 0 Å². The van der Waals surface area contributed by atoms with Gasteiger partial charge in [-0.3, -0.25) is 0 Å². The molecule has 0 saturated carbocycles. The molecule has 2 nitrogen and oxygen atoms in total. The van der Waals surface area contributed by atoms with Crippen molar-refractivity contribution in [3.63, 3.8) is 0 Å². The van der Waals surface area contributed by atoms with E-state index in [4.69, 9.17) is 0 Å². The van der Waals surface area contributed by atoms with Gasteiger partial charge in [0.1, 0.15) is 5.82 Å². The highest BCUT2D eigenvalue weighted by Gasteiger charge is 2.25. The van der Waals surface area contributed by atoms with Crippen molar-refractivity contribution in [3.8, 4) is 0 Å². The number of anilines is 1. The number of aliphatic hydroxyl groups excluding tert-OH is 1. The zero-order valence-electron chi connectivity index (χ0n) is 10.5. The van der Waals surface area contributed by atoms with Gasteiger partial charge in [0.15, 0.2) is 0 Å². The third-order valence-electron chi connectivity index (χ3n) is 3.04. The lowest BCUT2D eigenvalue weighted by Gasteiger charge is -2.30. The van der Waals surface area contributed by atoms with Crippen LogP contribution in [0.25, 0.3) is 0 Å². The normalized spacial score (nSPS) is 13.9. The van der Waals surface area contributed by atoms with E-state index >= 15 is 0 Å². The number of hydrogen-bond donors (Lipinski definition) is 2. The smallest absolute Gasteiger partial charge is 0.125 e. The van der Waals surface area contributed by atoms with E-state index in [-0.39, 0.29) is 12.4 Å². The molecule has 2 aromatic rings. The number of halogens is 2. The van der Waals surface area contributed by atoms with Crippen LogP contribution in [0.1, 0.15) is 12.5 Å². The van der Waals surface area contributed by atoms with Gasteiger partial charge < -0.3 is 10.4 Å². The van der Waals surface area contributed by atoms with Crippen molar-refractivity contribution in [2.75, 3.05) is 11.9 Å². The molecular formula is C15H15FINO. The Bertz CT molecular complexity index is 558. The van der Waals surface area contributed by atoms with Gasteiger partial charge in [0.25, 0.3) is 0 Å². The van der Waals surface area contributed by atoms with E-state index in [1.54, 1.807) is 12.1 Å². The first kappa shape index (κ1) is 14.3. The molecule has 0 bridgehead atoms. The van der Waals surface area contributed by atoms with E-state index < -0.39 is 5.54 Å². The van der Waals surface area contributed by atoms with Gasteiger partial charge in [-0.2, -0.15) is 0 Å². The summed E-state index contributed by atoms with van der Waals surface area (Å²) in [5, 5.41) is 12.9. The van der Waals surface area contributed by atoms with Crippen LogP contribution in [0.5, 0.6) is 0 Å². The van der Waals surface area contributed by atoms with Gasteiger partial charge in [-0.05, 0) is 65.4 Å². The molecule has 2 N–H and O–H groups in total. The Morgan fingerprint density at radius 2 is 1.89 bits per heavy atom. The molecule has 0 radical (unpaired) electrons. The summed E-state index contributed by atoms with van der Waals surface area (Å²) in [5.74, 6) is -0.298. The molecule has 2 aromatic carbocycles. The summed E-state index contributed by atoms with van der Waals surface area (Å²) in [5.41, 5.74) is 0.966. The summed E-state index contributed by atoms with van der Waals surface area (Å²) >= 11 is 2.23. The first-order valence-electron chi connectivity index (χ1n) is 5.94. The summed E-state index contributed by atoms with van der Waals surface area (Å²) in [6.07, 6.45) is 0. The minimum Gasteiger partial charge on any atom is -0.394 e. The fraction of sp³-hybridized carbons (Fsp3) is 0.200. The summed E-state index contributed by atoms with van der Waals surface area (Å²) in [6.45, 7) is 1.81. The topological polar surface area (TPSA) is 32.3 Å². The zero-order chi connectivity index (χ0) is 13.9. The second-order valence-corrected chi connectivity index (χ2v) is 5.88. The summed E-state index contributed by atoms with van der Waals surface area (Å²) in [4.78, 5) is 0. The van der Waals surface area contributed by atoms with Crippen molar-refractivity contribution in [2.24, 2.45) is 0 Å². The Morgan fingerprint density at radius 3 is 2.47 bits per heavy atom. The van der Waals surface area contributed by atoms with Crippen LogP contribution >= 0.6 is 22.6 Å². The number of hydrogen-bond acceptors (Lipinski definition) is 2. The van der Waals surface area contributed by atoms with Crippen molar-refractivity contribution in [3.05, 3.63) is 63.5 Å². The molecule has 0 saturated heterocycles. The molecule has 0 amide bonds. The third kappa shape index (κ3) is 3.45. The highest BCUT2D eigenvalue weighted by Crippen LogP contribution is 2.26. The van der Waals surface area contributed by atoms with E-state index in [0.717, 1.165) is 9.13 Å². The molecule has 19 heavy (non-hydrogen) atoms. The Balaban J connectivity index is 2.29. The van der Waals surface area contributed by atoms with Gasteiger partial charge in [0.05, 0.1) is 12.1 Å². The molecule has 0 aliphatic heterocycles. The summed E-state index contributed by atoms with van der Waals surface area (Å²) in [7, 11) is 0. The Labute approximate surface area is 125 Å². The van der Waals surface area contributed by atoms with E-state index in [1.807, 2.05) is 31.2 Å². The molecule has 0 aromatic heterocycles. The van der Waals surface area contributed by atoms with Crippen molar-refractivity contribution in [2.45, 2.75) is 12.5 Å². The minimum absolute atomic E-state index is 0.0793. The van der Waals surface area contributed by atoms with Crippen LogP contribution < -0.4 is 5.32 Å². The maximum Gasteiger partial charge on any atom is 0.125 e. The maximum absolute atomic E-state index is 13.2. The predicted octanol–water partition coefficient (Wildman–Crippen LogP) is 3.75. The van der Waals surface area contributed by atoms with Crippen molar-refractivity contribution < 1.29 is 9.50 Å². The van der Waals surface area contributed by atoms with Crippen LogP contribution in [0.2, 0.25) is 0 Å². The quantitative estimate of drug-likeness (QED) is 0.803. The van der Waals surface area contributed by atoms with Gasteiger partial charge in [-0.15, -0.1) is 0 Å². The van der Waals surface area contributed by atoms with Gasteiger partial charge in [0, 0.05) is 9.26 Å². The van der Waals surface area contributed by atoms with E-state index in [2.05, 4.69) is 27.9 Å². The maximum atomic E-state index is 13.2. The van der Waals surface area contributed by atoms with Crippen LogP contribution in [0.15, 0.2) is 48.5 Å². The highest BCUT2D eigenvalue weighted by atomic mass is 127. The lowest BCUT2D eigenvalue weighted by atomic mass is 9.92. The van der Waals surface area contributed by atoms with Crippen molar-refractivity contribution in [1.29, 1.82) is 0 Å². The van der Waals surface area contributed by atoms with Gasteiger partial charge in [-0.25, -0.2) is 4.39 Å². The fourth-order valence-corrected chi connectivity index (χ4v) is 2.27. The first-order valence-corrected chi connectivity index (χ1v) is 7.02. The molecule has 2 rings (SSSR count). The van der Waals surface area contributed by atoms with Crippen molar-refractivity contribution in [1.82, 2.24) is 0 Å². The molecule has 0 aliphatic carbocycles. The SMILES string of the molecule is CC(CO)(Nc1cccc(F)c1)c1ccc(I)cc1. The first-order chi connectivity index (χ1) is 9.03. The molecule has 4 heteroatoms. The lowest BCUT2D eigenvalue weighted by Crippen LogP contribution is -2.35. The second kappa shape index (κ2) is 5.88. The molecule has 0 spiro atoms. The predicted molar refractivity (Wildman–Crippen MR) is 83.6 cm³/mol. The molecular weight excluding hydrogens is 356 g/mol. The van der Waals surface area contributed by atoms with E-state index in [0.29, 0.717) is 5.69 Å².